The highest BCUT2D eigenvalue weighted by Gasteiger charge is 2.54. The van der Waals surface area contributed by atoms with E-state index in [4.69, 9.17) is 0 Å². The highest BCUT2D eigenvalue weighted by molar-refractivity contribution is 7.89. The quantitative estimate of drug-likeness (QED) is 0.610. The smallest absolute Gasteiger partial charge is 0.258 e. The van der Waals surface area contributed by atoms with Crippen molar-refractivity contribution in [2.75, 3.05) is 0 Å². The van der Waals surface area contributed by atoms with Gasteiger partial charge in [0.05, 0.1) is 15.9 Å². The molecule has 0 aromatic heterocycles. The van der Waals surface area contributed by atoms with Crippen LogP contribution in [0.5, 0.6) is 0 Å². The lowest BCUT2D eigenvalue weighted by Gasteiger charge is -2.44. The van der Waals surface area contributed by atoms with Gasteiger partial charge in [0, 0.05) is 18.2 Å². The number of benzene rings is 1. The van der Waals surface area contributed by atoms with Gasteiger partial charge in [-0.2, -0.15) is 9.57 Å². The molecule has 0 heterocycles. The molecule has 1 aromatic rings. The van der Waals surface area contributed by atoms with Crippen molar-refractivity contribution in [2.45, 2.75) is 48.6 Å². The van der Waals surface area contributed by atoms with Crippen molar-refractivity contribution in [3.05, 3.63) is 34.4 Å². The summed E-state index contributed by atoms with van der Waals surface area (Å²) in [6.45, 7) is 0. The van der Waals surface area contributed by atoms with Crippen LogP contribution in [0.1, 0.15) is 32.1 Å². The van der Waals surface area contributed by atoms with Gasteiger partial charge >= 0.3 is 0 Å². The minimum atomic E-state index is -3.82. The van der Waals surface area contributed by atoms with Gasteiger partial charge in [0.1, 0.15) is 5.54 Å². The van der Waals surface area contributed by atoms with E-state index in [2.05, 4.69) is 6.07 Å². The number of rotatable bonds is 5. The summed E-state index contributed by atoms with van der Waals surface area (Å²) in [4.78, 5) is 10.1. The lowest BCUT2D eigenvalue weighted by molar-refractivity contribution is -0.384. The van der Waals surface area contributed by atoms with Crippen LogP contribution in [0.4, 0.5) is 5.69 Å². The van der Waals surface area contributed by atoms with E-state index < -0.39 is 20.5 Å². The minimum absolute atomic E-state index is 0.00604. The van der Waals surface area contributed by atoms with E-state index >= 15 is 0 Å². The molecule has 0 unspecified atom stereocenters. The zero-order chi connectivity index (χ0) is 16.0. The maximum atomic E-state index is 12.9. The fourth-order valence-electron chi connectivity index (χ4n) is 2.83. The predicted molar refractivity (Wildman–Crippen MR) is 77.3 cm³/mol. The SMILES string of the molecule is N#CC1(N(C2CC2)S(=O)(=O)c2ccc([N+](=O)[O-])cc2)CCC1. The Morgan fingerprint density at radius 1 is 1.27 bits per heavy atom. The summed E-state index contributed by atoms with van der Waals surface area (Å²) < 4.78 is 27.1. The molecule has 0 radical (unpaired) electrons. The summed E-state index contributed by atoms with van der Waals surface area (Å²) in [5.41, 5.74) is -1.10. The van der Waals surface area contributed by atoms with Gasteiger partial charge in [-0.15, -0.1) is 0 Å². The molecule has 0 atom stereocenters. The van der Waals surface area contributed by atoms with E-state index in [1.54, 1.807) is 0 Å². The predicted octanol–water partition coefficient (Wildman–Crippen LogP) is 2.19. The van der Waals surface area contributed by atoms with Crippen LogP contribution in [0.2, 0.25) is 0 Å². The second-order valence-corrected chi connectivity index (χ2v) is 7.59. The summed E-state index contributed by atoms with van der Waals surface area (Å²) in [6.07, 6.45) is 3.45. The lowest BCUT2D eigenvalue weighted by Crippen LogP contribution is -2.56. The van der Waals surface area contributed by atoms with E-state index in [-0.39, 0.29) is 16.6 Å². The van der Waals surface area contributed by atoms with Crippen LogP contribution in [-0.4, -0.2) is 29.2 Å². The third kappa shape index (κ3) is 2.26. The van der Waals surface area contributed by atoms with E-state index in [0.717, 1.165) is 19.3 Å². The number of nitro benzene ring substituents is 1. The van der Waals surface area contributed by atoms with Crippen LogP contribution in [0.3, 0.4) is 0 Å². The number of nitrogens with zero attached hydrogens (tertiary/aromatic N) is 3. The molecule has 2 saturated carbocycles. The molecule has 0 N–H and O–H groups in total. The van der Waals surface area contributed by atoms with Crippen molar-refractivity contribution in [1.82, 2.24) is 4.31 Å². The van der Waals surface area contributed by atoms with E-state index in [9.17, 15) is 23.8 Å². The van der Waals surface area contributed by atoms with Crippen LogP contribution in [0.15, 0.2) is 29.2 Å². The highest BCUT2D eigenvalue weighted by Crippen LogP contribution is 2.46. The van der Waals surface area contributed by atoms with E-state index in [1.807, 2.05) is 0 Å². The van der Waals surface area contributed by atoms with Crippen LogP contribution >= 0.6 is 0 Å². The van der Waals surface area contributed by atoms with Gasteiger partial charge in [-0.25, -0.2) is 8.42 Å². The van der Waals surface area contributed by atoms with Gasteiger partial charge in [-0.3, -0.25) is 10.1 Å². The topological polar surface area (TPSA) is 104 Å². The molecule has 3 rings (SSSR count). The Morgan fingerprint density at radius 3 is 2.23 bits per heavy atom. The number of non-ortho nitro benzene ring substituents is 1. The Morgan fingerprint density at radius 2 is 1.86 bits per heavy atom. The molecule has 8 heteroatoms. The van der Waals surface area contributed by atoms with E-state index in [0.29, 0.717) is 12.8 Å². The Labute approximate surface area is 128 Å². The molecule has 0 aliphatic heterocycles. The van der Waals surface area contributed by atoms with Gasteiger partial charge in [-0.1, -0.05) is 0 Å². The molecule has 0 spiro atoms. The fourth-order valence-corrected chi connectivity index (χ4v) is 4.83. The maximum absolute atomic E-state index is 12.9. The van der Waals surface area contributed by atoms with Crippen LogP contribution in [0, 0.1) is 21.4 Å². The highest BCUT2D eigenvalue weighted by atomic mass is 32.2. The summed E-state index contributed by atoms with van der Waals surface area (Å²) >= 11 is 0. The van der Waals surface area contributed by atoms with Crippen molar-refractivity contribution in [3.8, 4) is 6.07 Å². The molecule has 2 fully saturated rings. The second kappa shape index (κ2) is 5.04. The average molecular weight is 321 g/mol. The van der Waals surface area contributed by atoms with Crippen molar-refractivity contribution < 1.29 is 13.3 Å². The normalized spacial score (nSPS) is 20.2. The zero-order valence-electron chi connectivity index (χ0n) is 11.8. The molecule has 1 aromatic carbocycles. The molecule has 22 heavy (non-hydrogen) atoms. The summed E-state index contributed by atoms with van der Waals surface area (Å²) in [6, 6.07) is 6.90. The van der Waals surface area contributed by atoms with Crippen LogP contribution in [0.25, 0.3) is 0 Å². The number of sulfonamides is 1. The Bertz CT molecular complexity index is 743. The molecule has 0 amide bonds. The number of nitriles is 1. The average Bonchev–Trinajstić information content (AvgIpc) is 3.26. The van der Waals surface area contributed by atoms with Crippen LogP contribution in [-0.2, 0) is 10.0 Å². The van der Waals surface area contributed by atoms with Gasteiger partial charge in [0.25, 0.3) is 5.69 Å². The molecule has 116 valence electrons. The van der Waals surface area contributed by atoms with Crippen molar-refractivity contribution in [1.29, 1.82) is 5.26 Å². The fraction of sp³-hybridized carbons (Fsp3) is 0.500. The number of hydrogen-bond acceptors (Lipinski definition) is 5. The van der Waals surface area contributed by atoms with Crippen molar-refractivity contribution in [2.24, 2.45) is 0 Å². The summed E-state index contributed by atoms with van der Waals surface area (Å²) in [5, 5.41) is 20.1. The zero-order valence-corrected chi connectivity index (χ0v) is 12.6. The molecule has 2 aliphatic rings. The Hall–Kier alpha value is -1.98. The second-order valence-electron chi connectivity index (χ2n) is 5.78. The molecule has 0 saturated heterocycles. The largest absolute Gasteiger partial charge is 0.269 e. The van der Waals surface area contributed by atoms with Crippen molar-refractivity contribution in [3.63, 3.8) is 0 Å². The first-order chi connectivity index (χ1) is 10.4. The summed E-state index contributed by atoms with van der Waals surface area (Å²) in [7, 11) is -3.82. The van der Waals surface area contributed by atoms with Crippen molar-refractivity contribution >= 4 is 15.7 Å². The van der Waals surface area contributed by atoms with Gasteiger partial charge in [0.15, 0.2) is 0 Å². The molecule has 0 bridgehead atoms. The maximum Gasteiger partial charge on any atom is 0.269 e. The van der Waals surface area contributed by atoms with E-state index in [1.165, 1.54) is 28.6 Å². The first-order valence-electron chi connectivity index (χ1n) is 7.11. The number of nitro groups is 1. The Balaban J connectivity index is 1.99. The minimum Gasteiger partial charge on any atom is -0.258 e. The molecule has 7 nitrogen and oxygen atoms in total. The Kier molecular flexibility index (Phi) is 3.42. The third-order valence-corrected chi connectivity index (χ3v) is 6.33. The third-order valence-electron chi connectivity index (χ3n) is 4.29. The first-order valence-corrected chi connectivity index (χ1v) is 8.55. The molecular formula is C14H15N3O4S. The summed E-state index contributed by atoms with van der Waals surface area (Å²) in [5.74, 6) is 0. The monoisotopic (exact) mass is 321 g/mol. The van der Waals surface area contributed by atoms with Gasteiger partial charge in [-0.05, 0) is 44.2 Å². The first kappa shape index (κ1) is 14.9. The van der Waals surface area contributed by atoms with Crippen LogP contribution < -0.4 is 0 Å². The standard InChI is InChI=1S/C14H15N3O4S/c15-10-14(8-1-9-14)16(11-2-3-11)22(20,21)13-6-4-12(5-7-13)17(18)19/h4-7,11H,1-3,8-9H2. The van der Waals surface area contributed by atoms with Gasteiger partial charge in [0.2, 0.25) is 10.0 Å². The molecule has 2 aliphatic carbocycles. The molecular weight excluding hydrogens is 306 g/mol. The van der Waals surface area contributed by atoms with Gasteiger partial charge < -0.3 is 0 Å². The lowest BCUT2D eigenvalue weighted by atomic mass is 9.78. The number of hydrogen-bond donors (Lipinski definition) is 0.